The molecule has 6 nitrogen and oxygen atoms in total. The Labute approximate surface area is 108 Å². The van der Waals surface area contributed by atoms with Gasteiger partial charge in [-0.05, 0) is 12.1 Å². The van der Waals surface area contributed by atoms with E-state index in [-0.39, 0.29) is 17.9 Å². The molecule has 0 fully saturated rings. The normalized spacial score (nSPS) is 10.5. The number of nitrogens with two attached hydrogens (primary N) is 1. The monoisotopic (exact) mass is 264 g/mol. The topological polar surface area (TPSA) is 93.2 Å². The van der Waals surface area contributed by atoms with Crippen LogP contribution in [0.4, 0.5) is 10.2 Å². The maximum atomic E-state index is 13.5. The molecule has 1 amide bonds. The molecule has 0 atom stereocenters. The lowest BCUT2D eigenvalue weighted by Crippen LogP contribution is -2.15. The third kappa shape index (κ3) is 2.71. The molecule has 1 heterocycles. The van der Waals surface area contributed by atoms with Crippen LogP contribution in [-0.2, 0) is 13.6 Å². The average molecular weight is 264 g/mol. The molecule has 1 aromatic heterocycles. The number of aromatic hydroxyl groups is 1. The molecule has 1 aromatic carbocycles. The first kappa shape index (κ1) is 13.0. The summed E-state index contributed by atoms with van der Waals surface area (Å²) in [6, 6.07) is 3.31. The zero-order chi connectivity index (χ0) is 14.0. The number of hydrogen-bond acceptors (Lipinski definition) is 4. The molecule has 0 aliphatic rings. The van der Waals surface area contributed by atoms with E-state index >= 15 is 0 Å². The Bertz CT molecular complexity index is 624. The van der Waals surface area contributed by atoms with Crippen molar-refractivity contribution in [3.8, 4) is 5.75 Å². The first-order valence-electron chi connectivity index (χ1n) is 5.53. The maximum absolute atomic E-state index is 13.5. The number of phenolic OH excluding ortho intramolecular Hbond substituents is 1. The first-order valence-corrected chi connectivity index (χ1v) is 5.53. The number of anilines is 1. The van der Waals surface area contributed by atoms with Crippen molar-refractivity contribution in [2.24, 2.45) is 12.8 Å². The van der Waals surface area contributed by atoms with E-state index in [1.807, 2.05) is 0 Å². The van der Waals surface area contributed by atoms with E-state index < -0.39 is 11.7 Å². The molecule has 0 bridgehead atoms. The van der Waals surface area contributed by atoms with Crippen LogP contribution in [0.15, 0.2) is 24.4 Å². The highest BCUT2D eigenvalue weighted by Gasteiger charge is 2.15. The van der Waals surface area contributed by atoms with Crippen LogP contribution < -0.4 is 11.1 Å². The fourth-order valence-electron chi connectivity index (χ4n) is 1.66. The van der Waals surface area contributed by atoms with Crippen molar-refractivity contribution in [2.45, 2.75) is 6.54 Å². The van der Waals surface area contributed by atoms with Gasteiger partial charge in [0.25, 0.3) is 5.91 Å². The molecule has 0 spiro atoms. The highest BCUT2D eigenvalue weighted by atomic mass is 19.1. The van der Waals surface area contributed by atoms with Crippen LogP contribution in [-0.4, -0.2) is 20.8 Å². The quantitative estimate of drug-likeness (QED) is 0.770. The number of hydrogen-bond donors (Lipinski definition) is 3. The molecule has 7 heteroatoms. The van der Waals surface area contributed by atoms with Gasteiger partial charge in [-0.15, -0.1) is 0 Å². The number of nitrogens with one attached hydrogen (secondary N) is 1. The molecule has 19 heavy (non-hydrogen) atoms. The van der Waals surface area contributed by atoms with E-state index in [1.54, 1.807) is 13.2 Å². The predicted octanol–water partition coefficient (Wildman–Crippen LogP) is 0.976. The predicted molar refractivity (Wildman–Crippen MR) is 67.1 cm³/mol. The standard InChI is InChI=1S/C12H13FN4O2/c1-17-6-7(5-14)11(16-17)15-12(19)9-3-2-8(18)4-10(9)13/h2-4,6,18H,5,14H2,1H3,(H,15,16,19). The summed E-state index contributed by atoms with van der Waals surface area (Å²) in [6.45, 7) is 0.210. The summed E-state index contributed by atoms with van der Waals surface area (Å²) < 4.78 is 15.0. The Morgan fingerprint density at radius 3 is 2.95 bits per heavy atom. The average Bonchev–Trinajstić information content (AvgIpc) is 2.69. The third-order valence-corrected chi connectivity index (χ3v) is 2.55. The molecule has 0 saturated heterocycles. The van der Waals surface area contributed by atoms with Gasteiger partial charge in [0, 0.05) is 31.4 Å². The van der Waals surface area contributed by atoms with Crippen molar-refractivity contribution in [1.29, 1.82) is 0 Å². The summed E-state index contributed by atoms with van der Waals surface area (Å²) in [5.74, 6) is -1.40. The van der Waals surface area contributed by atoms with Gasteiger partial charge in [-0.25, -0.2) is 4.39 Å². The minimum Gasteiger partial charge on any atom is -0.508 e. The highest BCUT2D eigenvalue weighted by molar-refractivity contribution is 6.04. The summed E-state index contributed by atoms with van der Waals surface area (Å²) in [7, 11) is 1.69. The largest absolute Gasteiger partial charge is 0.508 e. The number of carbonyl (C=O) groups excluding carboxylic acids is 1. The lowest BCUT2D eigenvalue weighted by Gasteiger charge is -2.05. The fraction of sp³-hybridized carbons (Fsp3) is 0.167. The number of aromatic nitrogens is 2. The summed E-state index contributed by atoms with van der Waals surface area (Å²) in [5, 5.41) is 15.6. The summed E-state index contributed by atoms with van der Waals surface area (Å²) in [5.41, 5.74) is 5.99. The zero-order valence-electron chi connectivity index (χ0n) is 10.2. The summed E-state index contributed by atoms with van der Waals surface area (Å²) in [4.78, 5) is 11.9. The van der Waals surface area contributed by atoms with Gasteiger partial charge in [0.1, 0.15) is 11.6 Å². The highest BCUT2D eigenvalue weighted by Crippen LogP contribution is 2.18. The van der Waals surface area contributed by atoms with Gasteiger partial charge in [-0.1, -0.05) is 0 Å². The van der Waals surface area contributed by atoms with E-state index in [9.17, 15) is 9.18 Å². The van der Waals surface area contributed by atoms with Crippen LogP contribution in [0, 0.1) is 5.82 Å². The number of carbonyl (C=O) groups is 1. The number of benzene rings is 1. The molecule has 0 radical (unpaired) electrons. The summed E-state index contributed by atoms with van der Waals surface area (Å²) in [6.07, 6.45) is 1.67. The Morgan fingerprint density at radius 1 is 1.58 bits per heavy atom. The van der Waals surface area contributed by atoms with Gasteiger partial charge in [0.05, 0.1) is 5.56 Å². The van der Waals surface area contributed by atoms with Crippen LogP contribution in [0.1, 0.15) is 15.9 Å². The Balaban J connectivity index is 2.25. The Morgan fingerprint density at radius 2 is 2.32 bits per heavy atom. The van der Waals surface area contributed by atoms with Gasteiger partial charge in [0.2, 0.25) is 0 Å². The SMILES string of the molecule is Cn1cc(CN)c(NC(=O)c2ccc(O)cc2F)n1. The fourth-order valence-corrected chi connectivity index (χ4v) is 1.66. The number of phenols is 1. The molecule has 0 unspecified atom stereocenters. The van der Waals surface area contributed by atoms with Crippen molar-refractivity contribution in [1.82, 2.24) is 9.78 Å². The lowest BCUT2D eigenvalue weighted by molar-refractivity contribution is 0.102. The lowest BCUT2D eigenvalue weighted by atomic mass is 10.2. The molecule has 2 rings (SSSR count). The van der Waals surface area contributed by atoms with Crippen molar-refractivity contribution < 1.29 is 14.3 Å². The number of halogens is 1. The Hall–Kier alpha value is -2.41. The van der Waals surface area contributed by atoms with Crippen LogP contribution in [0.2, 0.25) is 0 Å². The van der Waals surface area contributed by atoms with Crippen molar-refractivity contribution in [3.63, 3.8) is 0 Å². The molecule has 0 aliphatic carbocycles. The Kier molecular flexibility index (Phi) is 3.48. The van der Waals surface area contributed by atoms with Crippen molar-refractivity contribution >= 4 is 11.7 Å². The summed E-state index contributed by atoms with van der Waals surface area (Å²) >= 11 is 0. The van der Waals surface area contributed by atoms with Gasteiger partial charge in [-0.3, -0.25) is 9.48 Å². The van der Waals surface area contributed by atoms with Crippen LogP contribution in [0.5, 0.6) is 5.75 Å². The number of nitrogens with zero attached hydrogens (tertiary/aromatic N) is 2. The second-order valence-electron chi connectivity index (χ2n) is 4.00. The third-order valence-electron chi connectivity index (χ3n) is 2.55. The van der Waals surface area contributed by atoms with Gasteiger partial charge >= 0.3 is 0 Å². The molecule has 0 saturated carbocycles. The first-order chi connectivity index (χ1) is 9.01. The molecular weight excluding hydrogens is 251 g/mol. The molecule has 2 aromatic rings. The van der Waals surface area contributed by atoms with E-state index in [1.165, 1.54) is 16.8 Å². The van der Waals surface area contributed by atoms with E-state index in [4.69, 9.17) is 10.8 Å². The second-order valence-corrected chi connectivity index (χ2v) is 4.00. The second kappa shape index (κ2) is 5.07. The smallest absolute Gasteiger partial charge is 0.259 e. The minimum absolute atomic E-state index is 0.175. The van der Waals surface area contributed by atoms with Gasteiger partial charge < -0.3 is 16.2 Å². The minimum atomic E-state index is -0.803. The van der Waals surface area contributed by atoms with Crippen LogP contribution in [0.3, 0.4) is 0 Å². The van der Waals surface area contributed by atoms with E-state index in [2.05, 4.69) is 10.4 Å². The van der Waals surface area contributed by atoms with Crippen LogP contribution >= 0.6 is 0 Å². The van der Waals surface area contributed by atoms with Crippen molar-refractivity contribution in [2.75, 3.05) is 5.32 Å². The molecule has 4 N–H and O–H groups in total. The molecule has 0 aliphatic heterocycles. The van der Waals surface area contributed by atoms with E-state index in [0.717, 1.165) is 6.07 Å². The molecule has 100 valence electrons. The zero-order valence-corrected chi connectivity index (χ0v) is 10.2. The number of aryl methyl sites for hydroxylation is 1. The number of amides is 1. The van der Waals surface area contributed by atoms with Gasteiger partial charge in [-0.2, -0.15) is 5.10 Å². The maximum Gasteiger partial charge on any atom is 0.259 e. The van der Waals surface area contributed by atoms with E-state index in [0.29, 0.717) is 11.4 Å². The van der Waals surface area contributed by atoms with Gasteiger partial charge in [0.15, 0.2) is 5.82 Å². The number of rotatable bonds is 3. The van der Waals surface area contributed by atoms with Crippen molar-refractivity contribution in [3.05, 3.63) is 41.3 Å². The molecular formula is C12H13FN4O2. The van der Waals surface area contributed by atoms with Crippen LogP contribution in [0.25, 0.3) is 0 Å².